The largest absolute Gasteiger partial charge is 0.250 e. The van der Waals surface area contributed by atoms with Gasteiger partial charge in [0.05, 0.1) is 5.75 Å². The van der Waals surface area contributed by atoms with Crippen molar-refractivity contribution in [2.75, 3.05) is 5.75 Å². The molecule has 0 unspecified atom stereocenters. The molecule has 3 nitrogen and oxygen atoms in total. The molecule has 0 aromatic carbocycles. The average molecular weight is 173 g/mol. The van der Waals surface area contributed by atoms with Crippen molar-refractivity contribution in [2.45, 2.75) is 13.8 Å². The molecule has 1 rings (SSSR count). The lowest BCUT2D eigenvalue weighted by molar-refractivity contribution is 0.587. The first-order valence-corrected chi connectivity index (χ1v) is 5.06. The Labute approximate surface area is 66.7 Å². The topological polar surface area (TPSA) is 39.1 Å². The lowest BCUT2D eigenvalue weighted by Gasteiger charge is -2.03. The number of hydrogen-bond donors (Lipinski definition) is 0. The second kappa shape index (κ2) is 2.70. The number of nitrogens with zero attached hydrogens (tertiary/aromatic N) is 1. The number of rotatable bonds is 2. The van der Waals surface area contributed by atoms with Crippen LogP contribution < -0.4 is 0 Å². The van der Waals surface area contributed by atoms with Crippen LogP contribution in [0.25, 0.3) is 0 Å². The zero-order valence-corrected chi connectivity index (χ0v) is 7.43. The number of aryl methyl sites for hydroxylation is 1. The Kier molecular flexibility index (Phi) is 2.04. The minimum Gasteiger partial charge on any atom is -0.250 e. The fraction of sp³-hybridized carbons (Fsp3) is 0.429. The van der Waals surface area contributed by atoms with Crippen molar-refractivity contribution in [3.8, 4) is 0 Å². The Morgan fingerprint density at radius 2 is 2.18 bits per heavy atom. The molecule has 0 aliphatic carbocycles. The van der Waals surface area contributed by atoms with Crippen LogP contribution in [0.15, 0.2) is 18.3 Å². The molecule has 62 valence electrons. The molecular weight excluding hydrogens is 162 g/mol. The smallest absolute Gasteiger partial charge is 0.238 e. The quantitative estimate of drug-likeness (QED) is 0.669. The zero-order chi connectivity index (χ0) is 8.48. The molecule has 1 aromatic heterocycles. The number of aromatic nitrogens is 1. The van der Waals surface area contributed by atoms with Gasteiger partial charge >= 0.3 is 0 Å². The van der Waals surface area contributed by atoms with E-state index in [1.54, 1.807) is 32.2 Å². The van der Waals surface area contributed by atoms with Gasteiger partial charge in [-0.05, 0) is 26.0 Å². The molecular formula is C7H11NO2S. The highest BCUT2D eigenvalue weighted by molar-refractivity contribution is 7.89. The maximum absolute atomic E-state index is 11.2. The summed E-state index contributed by atoms with van der Waals surface area (Å²) in [6.07, 6.45) is 1.56. The minimum atomic E-state index is -3.07. The van der Waals surface area contributed by atoms with E-state index >= 15 is 0 Å². The van der Waals surface area contributed by atoms with Gasteiger partial charge in [-0.3, -0.25) is 3.97 Å². The molecule has 0 spiro atoms. The molecule has 1 aromatic rings. The third-order valence-electron chi connectivity index (χ3n) is 1.57. The Morgan fingerprint density at radius 1 is 1.55 bits per heavy atom. The fourth-order valence-electron chi connectivity index (χ4n) is 0.903. The summed E-state index contributed by atoms with van der Waals surface area (Å²) in [7, 11) is -3.07. The molecule has 0 atom stereocenters. The van der Waals surface area contributed by atoms with E-state index in [0.717, 1.165) is 5.69 Å². The maximum atomic E-state index is 11.2. The van der Waals surface area contributed by atoms with Crippen molar-refractivity contribution in [3.63, 3.8) is 0 Å². The minimum absolute atomic E-state index is 0.141. The molecule has 0 bridgehead atoms. The predicted molar refractivity (Wildman–Crippen MR) is 44.0 cm³/mol. The number of hydrogen-bond acceptors (Lipinski definition) is 2. The third kappa shape index (κ3) is 1.45. The lowest BCUT2D eigenvalue weighted by atomic mass is 10.5. The first-order valence-electron chi connectivity index (χ1n) is 3.45. The average Bonchev–Trinajstić information content (AvgIpc) is 2.36. The molecule has 11 heavy (non-hydrogen) atoms. The van der Waals surface area contributed by atoms with E-state index in [-0.39, 0.29) is 5.75 Å². The molecule has 0 aliphatic rings. The van der Waals surface area contributed by atoms with Gasteiger partial charge in [0.15, 0.2) is 0 Å². The van der Waals surface area contributed by atoms with Crippen molar-refractivity contribution >= 4 is 10.0 Å². The van der Waals surface area contributed by atoms with E-state index in [4.69, 9.17) is 0 Å². The van der Waals surface area contributed by atoms with Crippen LogP contribution in [-0.2, 0) is 10.0 Å². The monoisotopic (exact) mass is 173 g/mol. The van der Waals surface area contributed by atoms with E-state index in [9.17, 15) is 8.42 Å². The van der Waals surface area contributed by atoms with Gasteiger partial charge in [-0.25, -0.2) is 8.42 Å². The van der Waals surface area contributed by atoms with Crippen LogP contribution in [0, 0.1) is 6.92 Å². The summed E-state index contributed by atoms with van der Waals surface area (Å²) >= 11 is 0. The summed E-state index contributed by atoms with van der Waals surface area (Å²) in [6.45, 7) is 3.40. The standard InChI is InChI=1S/C7H11NO2S/c1-3-11(9,10)8-6-4-5-7(8)2/h4-6H,3H2,1-2H3. The van der Waals surface area contributed by atoms with Crippen molar-refractivity contribution in [3.05, 3.63) is 24.0 Å². The summed E-state index contributed by atoms with van der Waals surface area (Å²) < 4.78 is 23.8. The summed E-state index contributed by atoms with van der Waals surface area (Å²) in [4.78, 5) is 0. The van der Waals surface area contributed by atoms with Crippen LogP contribution in [0.3, 0.4) is 0 Å². The van der Waals surface area contributed by atoms with E-state index in [1.807, 2.05) is 0 Å². The van der Waals surface area contributed by atoms with Crippen molar-refractivity contribution in [1.29, 1.82) is 0 Å². The SMILES string of the molecule is CCS(=O)(=O)n1cccc1C. The van der Waals surface area contributed by atoms with Gasteiger partial charge in [-0.15, -0.1) is 0 Å². The van der Waals surface area contributed by atoms with Crippen LogP contribution in [-0.4, -0.2) is 18.1 Å². The Hall–Kier alpha value is -0.770. The highest BCUT2D eigenvalue weighted by atomic mass is 32.2. The Balaban J connectivity index is 3.22. The first-order chi connectivity index (χ1) is 5.08. The van der Waals surface area contributed by atoms with Gasteiger partial charge < -0.3 is 0 Å². The van der Waals surface area contributed by atoms with Crippen LogP contribution in [0.2, 0.25) is 0 Å². The Morgan fingerprint density at radius 3 is 2.55 bits per heavy atom. The second-order valence-corrected chi connectivity index (χ2v) is 4.48. The normalized spacial score (nSPS) is 11.8. The molecule has 0 saturated carbocycles. The molecule has 0 radical (unpaired) electrons. The van der Waals surface area contributed by atoms with E-state index in [2.05, 4.69) is 0 Å². The van der Waals surface area contributed by atoms with Gasteiger partial charge in [0, 0.05) is 11.9 Å². The molecule has 4 heteroatoms. The third-order valence-corrected chi connectivity index (χ3v) is 3.31. The van der Waals surface area contributed by atoms with Gasteiger partial charge in [0.25, 0.3) is 0 Å². The summed E-state index contributed by atoms with van der Waals surface area (Å²) in [5.41, 5.74) is 0.756. The van der Waals surface area contributed by atoms with Crippen LogP contribution in [0.5, 0.6) is 0 Å². The van der Waals surface area contributed by atoms with E-state index in [1.165, 1.54) is 3.97 Å². The van der Waals surface area contributed by atoms with E-state index < -0.39 is 10.0 Å². The molecule has 0 amide bonds. The Bertz CT molecular complexity index is 337. The van der Waals surface area contributed by atoms with Gasteiger partial charge in [-0.2, -0.15) is 0 Å². The zero-order valence-electron chi connectivity index (χ0n) is 6.61. The van der Waals surface area contributed by atoms with E-state index in [0.29, 0.717) is 0 Å². The van der Waals surface area contributed by atoms with Gasteiger partial charge in [-0.1, -0.05) is 0 Å². The van der Waals surface area contributed by atoms with Crippen LogP contribution in [0.1, 0.15) is 12.6 Å². The fourth-order valence-corrected chi connectivity index (χ4v) is 1.94. The summed E-state index contributed by atoms with van der Waals surface area (Å²) in [6, 6.07) is 3.50. The van der Waals surface area contributed by atoms with Crippen molar-refractivity contribution < 1.29 is 8.42 Å². The van der Waals surface area contributed by atoms with Crippen LogP contribution >= 0.6 is 0 Å². The molecule has 1 heterocycles. The lowest BCUT2D eigenvalue weighted by Crippen LogP contribution is -2.14. The molecule has 0 fully saturated rings. The predicted octanol–water partition coefficient (Wildman–Crippen LogP) is 0.994. The maximum Gasteiger partial charge on any atom is 0.238 e. The molecule has 0 N–H and O–H groups in total. The van der Waals surface area contributed by atoms with Crippen molar-refractivity contribution in [1.82, 2.24) is 3.97 Å². The van der Waals surface area contributed by atoms with Gasteiger partial charge in [0.1, 0.15) is 0 Å². The van der Waals surface area contributed by atoms with Crippen LogP contribution in [0.4, 0.5) is 0 Å². The molecule has 0 aliphatic heterocycles. The highest BCUT2D eigenvalue weighted by Gasteiger charge is 2.09. The first kappa shape index (κ1) is 8.33. The second-order valence-electron chi connectivity index (χ2n) is 2.35. The van der Waals surface area contributed by atoms with Gasteiger partial charge in [0.2, 0.25) is 10.0 Å². The molecule has 0 saturated heterocycles. The van der Waals surface area contributed by atoms with Crippen molar-refractivity contribution in [2.24, 2.45) is 0 Å². The highest BCUT2D eigenvalue weighted by Crippen LogP contribution is 2.04. The summed E-state index contributed by atoms with van der Waals surface area (Å²) in [5.74, 6) is 0.141. The summed E-state index contributed by atoms with van der Waals surface area (Å²) in [5, 5.41) is 0.